The van der Waals surface area contributed by atoms with Gasteiger partial charge in [-0.3, -0.25) is 0 Å². The van der Waals surface area contributed by atoms with E-state index in [1.54, 1.807) is 0 Å². The monoisotopic (exact) mass is 256 g/mol. The standard InChI is InChI=1S/C11H13BrO2/c1-11(2)6-7-13-10-8(12)4-3-5-9(10)14-11/h3-5H,6-7H2,1-2H3. The second kappa shape index (κ2) is 3.46. The van der Waals surface area contributed by atoms with E-state index >= 15 is 0 Å². The summed E-state index contributed by atoms with van der Waals surface area (Å²) >= 11 is 3.45. The van der Waals surface area contributed by atoms with Crippen molar-refractivity contribution in [2.75, 3.05) is 6.61 Å². The molecule has 1 aliphatic rings. The Morgan fingerprint density at radius 1 is 1.36 bits per heavy atom. The van der Waals surface area contributed by atoms with Gasteiger partial charge in [0, 0.05) is 6.42 Å². The van der Waals surface area contributed by atoms with E-state index in [4.69, 9.17) is 9.47 Å². The van der Waals surface area contributed by atoms with E-state index in [2.05, 4.69) is 29.8 Å². The fourth-order valence-electron chi connectivity index (χ4n) is 1.46. The lowest BCUT2D eigenvalue weighted by molar-refractivity contribution is 0.101. The molecule has 1 heterocycles. The molecule has 0 amide bonds. The van der Waals surface area contributed by atoms with Gasteiger partial charge in [0.05, 0.1) is 11.1 Å². The summed E-state index contributed by atoms with van der Waals surface area (Å²) in [7, 11) is 0. The molecule has 0 N–H and O–H groups in total. The third kappa shape index (κ3) is 1.87. The number of hydrogen-bond donors (Lipinski definition) is 0. The van der Waals surface area contributed by atoms with Gasteiger partial charge >= 0.3 is 0 Å². The summed E-state index contributed by atoms with van der Waals surface area (Å²) in [5, 5.41) is 0. The van der Waals surface area contributed by atoms with E-state index in [0.717, 1.165) is 22.4 Å². The molecule has 2 nitrogen and oxygen atoms in total. The molecule has 1 aromatic carbocycles. The van der Waals surface area contributed by atoms with Crippen molar-refractivity contribution in [3.8, 4) is 11.5 Å². The normalized spacial score (nSPS) is 18.8. The van der Waals surface area contributed by atoms with Crippen LogP contribution in [0.4, 0.5) is 0 Å². The van der Waals surface area contributed by atoms with Gasteiger partial charge in [-0.05, 0) is 41.9 Å². The van der Waals surface area contributed by atoms with Crippen LogP contribution in [0.1, 0.15) is 20.3 Å². The maximum absolute atomic E-state index is 5.87. The van der Waals surface area contributed by atoms with Gasteiger partial charge in [-0.15, -0.1) is 0 Å². The molecule has 1 aliphatic heterocycles. The van der Waals surface area contributed by atoms with Gasteiger partial charge in [0.25, 0.3) is 0 Å². The summed E-state index contributed by atoms with van der Waals surface area (Å²) in [6, 6.07) is 5.85. The van der Waals surface area contributed by atoms with Gasteiger partial charge in [0.1, 0.15) is 5.60 Å². The highest BCUT2D eigenvalue weighted by atomic mass is 79.9. The Kier molecular flexibility index (Phi) is 2.43. The molecule has 0 aliphatic carbocycles. The van der Waals surface area contributed by atoms with E-state index in [9.17, 15) is 0 Å². The average molecular weight is 257 g/mol. The topological polar surface area (TPSA) is 18.5 Å². The minimum atomic E-state index is -0.147. The zero-order valence-electron chi connectivity index (χ0n) is 8.34. The molecule has 0 spiro atoms. The lowest BCUT2D eigenvalue weighted by Gasteiger charge is -2.23. The molecule has 0 atom stereocenters. The summed E-state index contributed by atoms with van der Waals surface area (Å²) in [5.41, 5.74) is -0.147. The van der Waals surface area contributed by atoms with E-state index in [1.807, 2.05) is 18.2 Å². The third-order valence-corrected chi connectivity index (χ3v) is 2.89. The van der Waals surface area contributed by atoms with Crippen LogP contribution < -0.4 is 9.47 Å². The fourth-order valence-corrected chi connectivity index (χ4v) is 1.92. The lowest BCUT2D eigenvalue weighted by atomic mass is 10.1. The molecule has 14 heavy (non-hydrogen) atoms. The summed E-state index contributed by atoms with van der Waals surface area (Å²) in [6.07, 6.45) is 0.897. The number of hydrogen-bond acceptors (Lipinski definition) is 2. The Bertz CT molecular complexity index is 347. The number of halogens is 1. The highest BCUT2D eigenvalue weighted by molar-refractivity contribution is 9.10. The first-order chi connectivity index (χ1) is 6.58. The van der Waals surface area contributed by atoms with Crippen LogP contribution in [0.15, 0.2) is 22.7 Å². The maximum Gasteiger partial charge on any atom is 0.175 e. The minimum Gasteiger partial charge on any atom is -0.488 e. The molecular formula is C11H13BrO2. The summed E-state index contributed by atoms with van der Waals surface area (Å²) in [6.45, 7) is 4.85. The van der Waals surface area contributed by atoms with Crippen molar-refractivity contribution >= 4 is 15.9 Å². The van der Waals surface area contributed by atoms with Crippen LogP contribution in [0.5, 0.6) is 11.5 Å². The third-order valence-electron chi connectivity index (χ3n) is 2.27. The van der Waals surface area contributed by atoms with Crippen LogP contribution in [0.25, 0.3) is 0 Å². The summed E-state index contributed by atoms with van der Waals surface area (Å²) < 4.78 is 12.5. The van der Waals surface area contributed by atoms with Gasteiger partial charge < -0.3 is 9.47 Å². The molecule has 0 saturated carbocycles. The minimum absolute atomic E-state index is 0.147. The lowest BCUT2D eigenvalue weighted by Crippen LogP contribution is -2.28. The Labute approximate surface area is 92.3 Å². The van der Waals surface area contributed by atoms with Gasteiger partial charge in [-0.2, -0.15) is 0 Å². The van der Waals surface area contributed by atoms with Gasteiger partial charge in [-0.25, -0.2) is 0 Å². The predicted octanol–water partition coefficient (Wildman–Crippen LogP) is 3.39. The Hall–Kier alpha value is -0.700. The largest absolute Gasteiger partial charge is 0.488 e. The van der Waals surface area contributed by atoms with Crippen LogP contribution >= 0.6 is 15.9 Å². The first-order valence-corrected chi connectivity index (χ1v) is 5.48. The molecule has 0 aromatic heterocycles. The molecule has 0 unspecified atom stereocenters. The highest BCUT2D eigenvalue weighted by Crippen LogP contribution is 2.39. The van der Waals surface area contributed by atoms with E-state index in [1.165, 1.54) is 0 Å². The summed E-state index contributed by atoms with van der Waals surface area (Å²) in [4.78, 5) is 0. The van der Waals surface area contributed by atoms with Crippen molar-refractivity contribution in [1.82, 2.24) is 0 Å². The maximum atomic E-state index is 5.87. The molecule has 0 radical (unpaired) electrons. The van der Waals surface area contributed by atoms with Crippen molar-refractivity contribution < 1.29 is 9.47 Å². The van der Waals surface area contributed by atoms with Crippen LogP contribution in [-0.2, 0) is 0 Å². The van der Waals surface area contributed by atoms with Crippen molar-refractivity contribution in [3.63, 3.8) is 0 Å². The first kappa shape index (κ1) is 9.84. The Balaban J connectivity index is 2.42. The van der Waals surface area contributed by atoms with Crippen LogP contribution in [0, 0.1) is 0 Å². The molecule has 0 saturated heterocycles. The second-order valence-corrected chi connectivity index (χ2v) is 4.88. The van der Waals surface area contributed by atoms with Crippen LogP contribution in [0.3, 0.4) is 0 Å². The average Bonchev–Trinajstić information content (AvgIpc) is 2.23. The van der Waals surface area contributed by atoms with Crippen molar-refractivity contribution in [1.29, 1.82) is 0 Å². The van der Waals surface area contributed by atoms with Crippen molar-refractivity contribution in [2.24, 2.45) is 0 Å². The van der Waals surface area contributed by atoms with Crippen LogP contribution in [-0.4, -0.2) is 12.2 Å². The highest BCUT2D eigenvalue weighted by Gasteiger charge is 2.26. The molecule has 1 aromatic rings. The van der Waals surface area contributed by atoms with Crippen molar-refractivity contribution in [3.05, 3.63) is 22.7 Å². The van der Waals surface area contributed by atoms with Gasteiger partial charge in [-0.1, -0.05) is 6.07 Å². The quantitative estimate of drug-likeness (QED) is 0.709. The predicted molar refractivity (Wildman–Crippen MR) is 59.0 cm³/mol. The van der Waals surface area contributed by atoms with E-state index < -0.39 is 0 Å². The van der Waals surface area contributed by atoms with Crippen molar-refractivity contribution in [2.45, 2.75) is 25.9 Å². The van der Waals surface area contributed by atoms with Gasteiger partial charge in [0.2, 0.25) is 0 Å². The molecule has 2 rings (SSSR count). The van der Waals surface area contributed by atoms with Gasteiger partial charge in [0.15, 0.2) is 11.5 Å². The SMILES string of the molecule is CC1(C)CCOc2c(Br)cccc2O1. The smallest absolute Gasteiger partial charge is 0.175 e. The van der Waals surface area contributed by atoms with E-state index in [-0.39, 0.29) is 5.60 Å². The Morgan fingerprint density at radius 2 is 2.14 bits per heavy atom. The zero-order chi connectivity index (χ0) is 10.2. The number of benzene rings is 1. The van der Waals surface area contributed by atoms with Crippen LogP contribution in [0.2, 0.25) is 0 Å². The zero-order valence-corrected chi connectivity index (χ0v) is 9.93. The number of ether oxygens (including phenoxy) is 2. The Morgan fingerprint density at radius 3 is 2.93 bits per heavy atom. The summed E-state index contributed by atoms with van der Waals surface area (Å²) in [5.74, 6) is 1.64. The first-order valence-electron chi connectivity index (χ1n) is 4.69. The fraction of sp³-hybridized carbons (Fsp3) is 0.455. The molecule has 76 valence electrons. The number of para-hydroxylation sites is 1. The molecule has 0 bridgehead atoms. The number of rotatable bonds is 0. The molecule has 0 fully saturated rings. The molecule has 3 heteroatoms. The number of fused-ring (bicyclic) bond motifs is 1. The molecular weight excluding hydrogens is 244 g/mol. The second-order valence-electron chi connectivity index (χ2n) is 4.03. The van der Waals surface area contributed by atoms with E-state index in [0.29, 0.717) is 6.61 Å².